The number of alkyl halides is 1. The highest BCUT2D eigenvalue weighted by Crippen LogP contribution is 2.28. The Morgan fingerprint density at radius 3 is 2.68 bits per heavy atom. The van der Waals surface area contributed by atoms with Gasteiger partial charge in [0.2, 0.25) is 0 Å². The fraction of sp³-hybridized carbons (Fsp3) is 0.600. The lowest BCUT2D eigenvalue weighted by Crippen LogP contribution is -2.29. The van der Waals surface area contributed by atoms with Crippen molar-refractivity contribution in [3.8, 4) is 11.5 Å². The first-order valence-corrected chi connectivity index (χ1v) is 7.31. The number of benzene rings is 1. The Kier molecular flexibility index (Phi) is 5.80. The van der Waals surface area contributed by atoms with Crippen LogP contribution < -0.4 is 9.47 Å². The summed E-state index contributed by atoms with van der Waals surface area (Å²) in [5.41, 5.74) is 0. The summed E-state index contributed by atoms with van der Waals surface area (Å²) in [5, 5.41) is 0.208. The predicted molar refractivity (Wildman–Crippen MR) is 76.3 cm³/mol. The third-order valence-electron chi connectivity index (χ3n) is 3.28. The van der Waals surface area contributed by atoms with Crippen molar-refractivity contribution in [3.63, 3.8) is 0 Å². The largest absolute Gasteiger partial charge is 0.490 e. The molecule has 1 heterocycles. The Bertz CT molecular complexity index is 383. The number of halogens is 1. The van der Waals surface area contributed by atoms with Crippen LogP contribution in [0.1, 0.15) is 19.8 Å². The van der Waals surface area contributed by atoms with Gasteiger partial charge >= 0.3 is 0 Å². The summed E-state index contributed by atoms with van der Waals surface area (Å²) in [6, 6.07) is 7.75. The van der Waals surface area contributed by atoms with Gasteiger partial charge in [-0.15, -0.1) is 11.6 Å². The third kappa shape index (κ3) is 4.29. The van der Waals surface area contributed by atoms with E-state index >= 15 is 0 Å². The molecule has 1 aromatic rings. The Morgan fingerprint density at radius 1 is 1.26 bits per heavy atom. The van der Waals surface area contributed by atoms with Gasteiger partial charge in [-0.3, -0.25) is 0 Å². The summed E-state index contributed by atoms with van der Waals surface area (Å²) in [6.45, 7) is 4.76. The molecule has 19 heavy (non-hydrogen) atoms. The average molecular weight is 285 g/mol. The minimum Gasteiger partial charge on any atom is -0.490 e. The monoisotopic (exact) mass is 284 g/mol. The molecule has 2 atom stereocenters. The molecule has 0 N–H and O–H groups in total. The van der Waals surface area contributed by atoms with Crippen molar-refractivity contribution < 1.29 is 14.2 Å². The molecule has 0 aliphatic carbocycles. The van der Waals surface area contributed by atoms with E-state index in [1.165, 1.54) is 0 Å². The molecule has 3 nitrogen and oxygen atoms in total. The third-order valence-corrected chi connectivity index (χ3v) is 3.85. The predicted octanol–water partition coefficient (Wildman–Crippen LogP) is 3.50. The molecule has 1 saturated heterocycles. The molecular weight excluding hydrogens is 264 g/mol. The molecule has 0 bridgehead atoms. The number of hydrogen-bond donors (Lipinski definition) is 0. The maximum atomic E-state index is 6.29. The maximum Gasteiger partial charge on any atom is 0.161 e. The molecule has 0 saturated carbocycles. The van der Waals surface area contributed by atoms with Crippen LogP contribution in [0.2, 0.25) is 0 Å². The van der Waals surface area contributed by atoms with E-state index in [1.54, 1.807) is 0 Å². The van der Waals surface area contributed by atoms with Crippen LogP contribution in [0.5, 0.6) is 11.5 Å². The lowest BCUT2D eigenvalue weighted by Gasteiger charge is -2.27. The fourth-order valence-electron chi connectivity index (χ4n) is 2.20. The zero-order valence-electron chi connectivity index (χ0n) is 11.3. The van der Waals surface area contributed by atoms with Gasteiger partial charge in [0, 0.05) is 17.9 Å². The van der Waals surface area contributed by atoms with Crippen molar-refractivity contribution >= 4 is 11.6 Å². The van der Waals surface area contributed by atoms with Gasteiger partial charge in [-0.1, -0.05) is 12.1 Å². The summed E-state index contributed by atoms with van der Waals surface area (Å²) in [6.07, 6.45) is 1.84. The number of hydrogen-bond acceptors (Lipinski definition) is 3. The van der Waals surface area contributed by atoms with Crippen molar-refractivity contribution in [3.05, 3.63) is 24.3 Å². The molecule has 1 fully saturated rings. The van der Waals surface area contributed by atoms with Crippen LogP contribution >= 0.6 is 11.6 Å². The second kappa shape index (κ2) is 7.61. The van der Waals surface area contributed by atoms with Crippen molar-refractivity contribution in [1.82, 2.24) is 0 Å². The van der Waals surface area contributed by atoms with Crippen LogP contribution in [0.25, 0.3) is 0 Å². The Morgan fingerprint density at radius 2 is 2.00 bits per heavy atom. The molecule has 2 rings (SSSR count). The lowest BCUT2D eigenvalue weighted by atomic mass is 9.98. The number of rotatable bonds is 6. The van der Waals surface area contributed by atoms with E-state index in [9.17, 15) is 0 Å². The zero-order valence-corrected chi connectivity index (χ0v) is 12.1. The molecule has 0 amide bonds. The van der Waals surface area contributed by atoms with Gasteiger partial charge in [-0.05, 0) is 31.9 Å². The van der Waals surface area contributed by atoms with E-state index in [1.807, 2.05) is 31.2 Å². The van der Waals surface area contributed by atoms with Gasteiger partial charge in [-0.25, -0.2) is 0 Å². The molecule has 106 valence electrons. The SMILES string of the molecule is CCOc1ccccc1OCCC1COCCC1Cl. The Hall–Kier alpha value is -0.930. The average Bonchev–Trinajstić information content (AvgIpc) is 2.43. The van der Waals surface area contributed by atoms with E-state index in [0.29, 0.717) is 19.1 Å². The molecule has 2 unspecified atom stereocenters. The van der Waals surface area contributed by atoms with Crippen molar-refractivity contribution in [2.75, 3.05) is 26.4 Å². The molecule has 0 spiro atoms. The van der Waals surface area contributed by atoms with Crippen LogP contribution in [-0.2, 0) is 4.74 Å². The van der Waals surface area contributed by atoms with Crippen LogP contribution in [0.3, 0.4) is 0 Å². The zero-order chi connectivity index (χ0) is 13.5. The Balaban J connectivity index is 1.81. The molecule has 4 heteroatoms. The van der Waals surface area contributed by atoms with Gasteiger partial charge in [0.1, 0.15) is 0 Å². The first kappa shape index (κ1) is 14.5. The fourth-order valence-corrected chi connectivity index (χ4v) is 2.49. The first-order chi connectivity index (χ1) is 9.31. The summed E-state index contributed by atoms with van der Waals surface area (Å²) in [5.74, 6) is 1.98. The quantitative estimate of drug-likeness (QED) is 0.748. The minimum atomic E-state index is 0.208. The maximum absolute atomic E-state index is 6.29. The summed E-state index contributed by atoms with van der Waals surface area (Å²) in [4.78, 5) is 0. The van der Waals surface area contributed by atoms with E-state index < -0.39 is 0 Å². The van der Waals surface area contributed by atoms with Gasteiger partial charge in [0.05, 0.1) is 19.8 Å². The smallest absolute Gasteiger partial charge is 0.161 e. The molecular formula is C15H21ClO3. The van der Waals surface area contributed by atoms with Crippen LogP contribution in [0.4, 0.5) is 0 Å². The summed E-state index contributed by atoms with van der Waals surface area (Å²) < 4.78 is 16.8. The summed E-state index contributed by atoms with van der Waals surface area (Å²) >= 11 is 6.29. The van der Waals surface area contributed by atoms with E-state index in [4.69, 9.17) is 25.8 Å². The van der Waals surface area contributed by atoms with Crippen molar-refractivity contribution in [2.24, 2.45) is 5.92 Å². The first-order valence-electron chi connectivity index (χ1n) is 6.87. The summed E-state index contributed by atoms with van der Waals surface area (Å²) in [7, 11) is 0. The van der Waals surface area contributed by atoms with E-state index in [2.05, 4.69) is 0 Å². The van der Waals surface area contributed by atoms with Crippen LogP contribution in [-0.4, -0.2) is 31.8 Å². The van der Waals surface area contributed by atoms with E-state index in [-0.39, 0.29) is 5.38 Å². The lowest BCUT2D eigenvalue weighted by molar-refractivity contribution is 0.0488. The highest BCUT2D eigenvalue weighted by molar-refractivity contribution is 6.20. The highest BCUT2D eigenvalue weighted by Gasteiger charge is 2.23. The molecule has 1 aromatic carbocycles. The molecule has 0 aromatic heterocycles. The number of para-hydroxylation sites is 2. The van der Waals surface area contributed by atoms with Crippen molar-refractivity contribution in [1.29, 1.82) is 0 Å². The van der Waals surface area contributed by atoms with Gasteiger partial charge < -0.3 is 14.2 Å². The van der Waals surface area contributed by atoms with E-state index in [0.717, 1.165) is 37.6 Å². The van der Waals surface area contributed by atoms with Crippen molar-refractivity contribution in [2.45, 2.75) is 25.1 Å². The van der Waals surface area contributed by atoms with Gasteiger partial charge in [-0.2, -0.15) is 0 Å². The normalized spacial score (nSPS) is 23.1. The minimum absolute atomic E-state index is 0.208. The number of ether oxygens (including phenoxy) is 3. The molecule has 0 radical (unpaired) electrons. The topological polar surface area (TPSA) is 27.7 Å². The standard InChI is InChI=1S/C15H21ClO3/c1-2-18-14-5-3-4-6-15(14)19-10-7-12-11-17-9-8-13(12)16/h3-6,12-13H,2,7-11H2,1H3. The molecule has 1 aliphatic rings. The second-order valence-electron chi connectivity index (χ2n) is 4.66. The Labute approximate surface area is 119 Å². The van der Waals surface area contributed by atoms with Gasteiger partial charge in [0.15, 0.2) is 11.5 Å². The van der Waals surface area contributed by atoms with Crippen LogP contribution in [0, 0.1) is 5.92 Å². The van der Waals surface area contributed by atoms with Gasteiger partial charge in [0.25, 0.3) is 0 Å². The highest BCUT2D eigenvalue weighted by atomic mass is 35.5. The second-order valence-corrected chi connectivity index (χ2v) is 5.22. The molecule has 1 aliphatic heterocycles. The van der Waals surface area contributed by atoms with Crippen LogP contribution in [0.15, 0.2) is 24.3 Å².